The Balaban J connectivity index is 2.96. The van der Waals surface area contributed by atoms with E-state index in [0.29, 0.717) is 0 Å². The molecule has 1 aliphatic rings. The van der Waals surface area contributed by atoms with Crippen molar-refractivity contribution in [1.29, 1.82) is 0 Å². The lowest BCUT2D eigenvalue weighted by Gasteiger charge is -2.24. The van der Waals surface area contributed by atoms with Crippen molar-refractivity contribution in [3.8, 4) is 0 Å². The lowest BCUT2D eigenvalue weighted by Crippen LogP contribution is -2.23. The third-order valence-corrected chi connectivity index (χ3v) is 7.87. The van der Waals surface area contributed by atoms with Crippen LogP contribution in [0.25, 0.3) is 0 Å². The van der Waals surface area contributed by atoms with Crippen molar-refractivity contribution in [1.82, 2.24) is 0 Å². The molecule has 0 fully saturated rings. The van der Waals surface area contributed by atoms with E-state index in [1.807, 2.05) is 5.31 Å². The van der Waals surface area contributed by atoms with Crippen LogP contribution in [0.5, 0.6) is 0 Å². The van der Waals surface area contributed by atoms with E-state index in [0.717, 1.165) is 0 Å². The summed E-state index contributed by atoms with van der Waals surface area (Å²) < 4.78 is 0. The Morgan fingerprint density at radius 3 is 2.21 bits per heavy atom. The lowest BCUT2D eigenvalue weighted by molar-refractivity contribution is 1.33. The maximum absolute atomic E-state index is 2.47. The number of hydrogen-bond donors (Lipinski definition) is 0. The zero-order valence-electron chi connectivity index (χ0n) is 10.2. The van der Waals surface area contributed by atoms with Crippen molar-refractivity contribution in [2.24, 2.45) is 0 Å². The van der Waals surface area contributed by atoms with Crippen LogP contribution in [0, 0.1) is 0 Å². The smallest absolute Gasteiger partial charge is 0.0780 e. The molecular formula is C12H23PSi. The highest BCUT2D eigenvalue weighted by molar-refractivity contribution is 7.62. The van der Waals surface area contributed by atoms with Gasteiger partial charge < -0.3 is 0 Å². The highest BCUT2D eigenvalue weighted by Crippen LogP contribution is 2.51. The first-order chi connectivity index (χ1) is 6.50. The second-order valence-electron chi connectivity index (χ2n) is 4.89. The second kappa shape index (κ2) is 4.77. The standard InChI is InChI=1S/C12H23PSi/c1-6-13(7-2)11-9-8-10-12(11)14(3,4)5/h8,10H,6-7,9H2,1-5H3. The van der Waals surface area contributed by atoms with E-state index in [1.165, 1.54) is 18.7 Å². The van der Waals surface area contributed by atoms with Crippen LogP contribution in [0.15, 0.2) is 22.7 Å². The summed E-state index contributed by atoms with van der Waals surface area (Å²) >= 11 is 0. The van der Waals surface area contributed by atoms with Gasteiger partial charge in [-0.3, -0.25) is 0 Å². The SMILES string of the molecule is CCP(CC)C1=C([Si](C)(C)C)C=CC1. The summed E-state index contributed by atoms with van der Waals surface area (Å²) in [5.41, 5.74) is 0. The molecule has 1 rings (SSSR count). The first-order valence-corrected chi connectivity index (χ1v) is 10.9. The quantitative estimate of drug-likeness (QED) is 0.485. The van der Waals surface area contributed by atoms with Gasteiger partial charge >= 0.3 is 0 Å². The van der Waals surface area contributed by atoms with Crippen molar-refractivity contribution in [3.05, 3.63) is 22.7 Å². The average Bonchev–Trinajstić information content (AvgIpc) is 2.54. The summed E-state index contributed by atoms with van der Waals surface area (Å²) in [7, 11) is -0.883. The Bertz CT molecular complexity index is 254. The van der Waals surface area contributed by atoms with Crippen molar-refractivity contribution in [2.45, 2.75) is 39.9 Å². The normalized spacial score (nSPS) is 17.3. The summed E-state index contributed by atoms with van der Waals surface area (Å²) in [5.74, 6) is 0. The monoisotopic (exact) mass is 226 g/mol. The molecule has 0 spiro atoms. The topological polar surface area (TPSA) is 0 Å². The zero-order chi connectivity index (χ0) is 10.8. The Labute approximate surface area is 91.2 Å². The molecule has 0 unspecified atom stereocenters. The second-order valence-corrected chi connectivity index (χ2v) is 12.8. The first kappa shape index (κ1) is 12.2. The van der Waals surface area contributed by atoms with Crippen molar-refractivity contribution >= 4 is 16.0 Å². The van der Waals surface area contributed by atoms with Gasteiger partial charge in [-0.25, -0.2) is 0 Å². The molecule has 0 aromatic carbocycles. The van der Waals surface area contributed by atoms with Gasteiger partial charge in [0.2, 0.25) is 0 Å². The molecule has 14 heavy (non-hydrogen) atoms. The lowest BCUT2D eigenvalue weighted by atomic mass is 10.5. The number of allylic oxidation sites excluding steroid dienone is 4. The molecule has 80 valence electrons. The van der Waals surface area contributed by atoms with E-state index < -0.39 is 8.07 Å². The van der Waals surface area contributed by atoms with E-state index in [-0.39, 0.29) is 7.92 Å². The minimum atomic E-state index is -1.07. The summed E-state index contributed by atoms with van der Waals surface area (Å²) in [6.45, 7) is 12.1. The predicted molar refractivity (Wildman–Crippen MR) is 72.1 cm³/mol. The van der Waals surface area contributed by atoms with Gasteiger partial charge in [0.15, 0.2) is 0 Å². The van der Waals surface area contributed by atoms with Gasteiger partial charge in [-0.15, -0.1) is 0 Å². The van der Waals surface area contributed by atoms with Gasteiger partial charge in [-0.05, 0) is 24.1 Å². The Morgan fingerprint density at radius 2 is 1.79 bits per heavy atom. The fourth-order valence-corrected chi connectivity index (χ4v) is 7.14. The fraction of sp³-hybridized carbons (Fsp3) is 0.667. The van der Waals surface area contributed by atoms with E-state index in [9.17, 15) is 0 Å². The molecule has 0 heterocycles. The van der Waals surface area contributed by atoms with Crippen LogP contribution in [-0.4, -0.2) is 20.4 Å². The molecule has 1 aliphatic carbocycles. The Morgan fingerprint density at radius 1 is 1.21 bits per heavy atom. The predicted octanol–water partition coefficient (Wildman–Crippen LogP) is 4.60. The molecule has 0 amide bonds. The van der Waals surface area contributed by atoms with E-state index >= 15 is 0 Å². The largest absolute Gasteiger partial charge is 0.0802 e. The van der Waals surface area contributed by atoms with Crippen LogP contribution in [0.4, 0.5) is 0 Å². The van der Waals surface area contributed by atoms with Gasteiger partial charge in [-0.1, -0.05) is 58.8 Å². The van der Waals surface area contributed by atoms with E-state index in [4.69, 9.17) is 0 Å². The third-order valence-electron chi connectivity index (χ3n) is 2.86. The van der Waals surface area contributed by atoms with Gasteiger partial charge in [0.25, 0.3) is 0 Å². The Hall–Kier alpha value is 0.127. The summed E-state index contributed by atoms with van der Waals surface area (Å²) in [4.78, 5) is 0. The molecular weight excluding hydrogens is 203 g/mol. The van der Waals surface area contributed by atoms with Crippen molar-refractivity contribution in [3.63, 3.8) is 0 Å². The maximum atomic E-state index is 2.47. The first-order valence-electron chi connectivity index (χ1n) is 5.65. The van der Waals surface area contributed by atoms with Crippen LogP contribution in [0.1, 0.15) is 20.3 Å². The van der Waals surface area contributed by atoms with Crippen LogP contribution in [-0.2, 0) is 0 Å². The molecule has 0 N–H and O–H groups in total. The molecule has 0 aromatic rings. The molecule has 0 radical (unpaired) electrons. The van der Waals surface area contributed by atoms with Crippen molar-refractivity contribution in [2.75, 3.05) is 12.3 Å². The van der Waals surface area contributed by atoms with Gasteiger partial charge in [0.05, 0.1) is 8.07 Å². The molecule has 2 heteroatoms. The highest BCUT2D eigenvalue weighted by Gasteiger charge is 2.26. The molecule has 0 saturated carbocycles. The summed E-state index contributed by atoms with van der Waals surface area (Å²) in [6, 6.07) is 0. The molecule has 0 atom stereocenters. The third kappa shape index (κ3) is 2.58. The van der Waals surface area contributed by atoms with E-state index in [2.05, 4.69) is 45.6 Å². The Kier molecular flexibility index (Phi) is 4.15. The molecule has 0 aromatic heterocycles. The summed E-state index contributed by atoms with van der Waals surface area (Å²) in [6.07, 6.45) is 8.80. The summed E-state index contributed by atoms with van der Waals surface area (Å²) in [5, 5.41) is 3.58. The van der Waals surface area contributed by atoms with Crippen LogP contribution < -0.4 is 0 Å². The average molecular weight is 226 g/mol. The number of hydrogen-bond acceptors (Lipinski definition) is 0. The van der Waals surface area contributed by atoms with Gasteiger partial charge in [-0.2, -0.15) is 0 Å². The van der Waals surface area contributed by atoms with Gasteiger partial charge in [0, 0.05) is 0 Å². The zero-order valence-corrected chi connectivity index (χ0v) is 12.1. The van der Waals surface area contributed by atoms with E-state index in [1.54, 1.807) is 5.20 Å². The van der Waals surface area contributed by atoms with Gasteiger partial charge in [0.1, 0.15) is 0 Å². The highest BCUT2D eigenvalue weighted by atomic mass is 31.1. The molecule has 0 nitrogen and oxygen atoms in total. The number of rotatable bonds is 4. The minimum Gasteiger partial charge on any atom is -0.0802 e. The van der Waals surface area contributed by atoms with Crippen LogP contribution in [0.3, 0.4) is 0 Å². The van der Waals surface area contributed by atoms with Crippen molar-refractivity contribution < 1.29 is 0 Å². The van der Waals surface area contributed by atoms with Crippen LogP contribution in [0.2, 0.25) is 19.6 Å². The molecule has 0 saturated heterocycles. The molecule has 0 aliphatic heterocycles. The molecule has 0 bridgehead atoms. The van der Waals surface area contributed by atoms with Crippen LogP contribution >= 0.6 is 7.92 Å². The maximum Gasteiger partial charge on any atom is 0.0780 e. The fourth-order valence-electron chi connectivity index (χ4n) is 2.08. The minimum absolute atomic E-state index is 0.191.